The molecule has 0 amide bonds. The summed E-state index contributed by atoms with van der Waals surface area (Å²) in [5.41, 5.74) is 8.80. The van der Waals surface area contributed by atoms with E-state index in [9.17, 15) is 0 Å². The molecule has 1 aromatic rings. The van der Waals surface area contributed by atoms with Crippen LogP contribution in [0.4, 0.5) is 0 Å². The van der Waals surface area contributed by atoms with Gasteiger partial charge in [-0.05, 0) is 59.8 Å². The van der Waals surface area contributed by atoms with E-state index in [-0.39, 0.29) is 0 Å². The molecule has 0 unspecified atom stereocenters. The summed E-state index contributed by atoms with van der Waals surface area (Å²) in [6, 6.07) is 11.8. The van der Waals surface area contributed by atoms with Crippen molar-refractivity contribution in [3.8, 4) is 0 Å². The van der Waals surface area contributed by atoms with Crippen LogP contribution >= 0.6 is 0 Å². The van der Waals surface area contributed by atoms with Crippen LogP contribution in [-0.2, 0) is 5.41 Å². The van der Waals surface area contributed by atoms with Crippen molar-refractivity contribution in [1.82, 2.24) is 0 Å². The monoisotopic (exact) mass is 237 g/mol. The van der Waals surface area contributed by atoms with Crippen molar-refractivity contribution >= 4 is 0 Å². The molecular formula is C17H19N. The Morgan fingerprint density at radius 1 is 0.944 bits per heavy atom. The summed E-state index contributed by atoms with van der Waals surface area (Å²) >= 11 is 0. The zero-order valence-electron chi connectivity index (χ0n) is 10.5. The Bertz CT molecular complexity index is 552. The molecule has 2 N–H and O–H groups in total. The zero-order chi connectivity index (χ0) is 11.6. The topological polar surface area (TPSA) is 26.0 Å². The van der Waals surface area contributed by atoms with Crippen molar-refractivity contribution in [1.29, 1.82) is 0 Å². The summed E-state index contributed by atoms with van der Waals surface area (Å²) in [7, 11) is 0. The predicted molar refractivity (Wildman–Crippen MR) is 69.8 cm³/mol. The van der Waals surface area contributed by atoms with Gasteiger partial charge in [0.25, 0.3) is 0 Å². The predicted octanol–water partition coefficient (Wildman–Crippen LogP) is 2.41. The van der Waals surface area contributed by atoms with E-state index in [2.05, 4.69) is 30.3 Å². The van der Waals surface area contributed by atoms with Crippen LogP contribution in [0.25, 0.3) is 0 Å². The summed E-state index contributed by atoms with van der Waals surface area (Å²) in [5.74, 6) is 6.94. The molecule has 1 heteroatoms. The van der Waals surface area contributed by atoms with Crippen LogP contribution in [-0.4, -0.2) is 6.04 Å². The number of nitrogens with two attached hydrogens (primary N) is 1. The first kappa shape index (κ1) is 9.14. The minimum atomic E-state index is 0.402. The van der Waals surface area contributed by atoms with E-state index in [4.69, 9.17) is 5.73 Å². The Kier molecular flexibility index (Phi) is 1.23. The summed E-state index contributed by atoms with van der Waals surface area (Å²) in [4.78, 5) is 0. The Morgan fingerprint density at radius 3 is 2.61 bits per heavy atom. The minimum Gasteiger partial charge on any atom is -0.327 e. The maximum atomic E-state index is 6.81. The molecule has 0 radical (unpaired) electrons. The second-order valence-corrected chi connectivity index (χ2v) is 7.57. The largest absolute Gasteiger partial charge is 0.327 e. The Balaban J connectivity index is 1.68. The molecule has 7 rings (SSSR count). The first-order valence-corrected chi connectivity index (χ1v) is 7.66. The lowest BCUT2D eigenvalue weighted by molar-refractivity contribution is 0.107. The van der Waals surface area contributed by atoms with E-state index in [0.29, 0.717) is 11.5 Å². The molecule has 6 bridgehead atoms. The van der Waals surface area contributed by atoms with Crippen LogP contribution < -0.4 is 5.73 Å². The maximum Gasteiger partial charge on any atom is 0.0176 e. The fourth-order valence-corrected chi connectivity index (χ4v) is 8.06. The average molecular weight is 237 g/mol. The highest BCUT2D eigenvalue weighted by atomic mass is 15.0. The molecule has 6 aliphatic carbocycles. The second kappa shape index (κ2) is 2.43. The number of benzene rings is 1. The van der Waals surface area contributed by atoms with Gasteiger partial charge in [-0.25, -0.2) is 0 Å². The van der Waals surface area contributed by atoms with E-state index in [1.54, 1.807) is 5.56 Å². The van der Waals surface area contributed by atoms with E-state index in [0.717, 1.165) is 41.4 Å². The smallest absolute Gasteiger partial charge is 0.0176 e. The Hall–Kier alpha value is -0.820. The van der Waals surface area contributed by atoms with E-state index < -0.39 is 0 Å². The third kappa shape index (κ3) is 0.602. The van der Waals surface area contributed by atoms with Gasteiger partial charge in [0, 0.05) is 11.5 Å². The van der Waals surface area contributed by atoms with Gasteiger partial charge in [-0.3, -0.25) is 0 Å². The van der Waals surface area contributed by atoms with Crippen molar-refractivity contribution in [2.75, 3.05) is 0 Å². The molecule has 0 saturated heterocycles. The highest BCUT2D eigenvalue weighted by Crippen LogP contribution is 2.86. The van der Waals surface area contributed by atoms with Gasteiger partial charge in [-0.15, -0.1) is 0 Å². The zero-order valence-corrected chi connectivity index (χ0v) is 10.5. The van der Waals surface area contributed by atoms with Crippen LogP contribution in [0.3, 0.4) is 0 Å². The van der Waals surface area contributed by atoms with Gasteiger partial charge in [0.2, 0.25) is 0 Å². The van der Waals surface area contributed by atoms with Gasteiger partial charge in [0.15, 0.2) is 0 Å². The lowest BCUT2D eigenvalue weighted by Crippen LogP contribution is -2.46. The molecule has 9 atom stereocenters. The molecule has 0 aliphatic heterocycles. The van der Waals surface area contributed by atoms with Crippen LogP contribution in [0.5, 0.6) is 0 Å². The fourth-order valence-electron chi connectivity index (χ4n) is 8.06. The number of hydrogen-bond acceptors (Lipinski definition) is 1. The quantitative estimate of drug-likeness (QED) is 0.797. The van der Waals surface area contributed by atoms with Crippen LogP contribution in [0, 0.1) is 41.4 Å². The van der Waals surface area contributed by atoms with Gasteiger partial charge in [0.05, 0.1) is 0 Å². The summed E-state index contributed by atoms with van der Waals surface area (Å²) in [5, 5.41) is 0. The van der Waals surface area contributed by atoms with E-state index in [1.165, 1.54) is 12.8 Å². The molecule has 0 aromatic heterocycles. The van der Waals surface area contributed by atoms with Crippen molar-refractivity contribution in [3.63, 3.8) is 0 Å². The highest BCUT2D eigenvalue weighted by molar-refractivity contribution is 5.46. The highest BCUT2D eigenvalue weighted by Gasteiger charge is 2.85. The second-order valence-electron chi connectivity index (χ2n) is 7.57. The molecule has 6 fully saturated rings. The summed E-state index contributed by atoms with van der Waals surface area (Å²) in [6.45, 7) is 0. The molecule has 6 saturated carbocycles. The van der Waals surface area contributed by atoms with Gasteiger partial charge >= 0.3 is 0 Å². The standard InChI is InChI=1S/C17H19N/c18-16-14-11-6-9-10-7-12(13(9)14)17(16,15(10)11)8-4-2-1-3-5-8/h1-5,9-16H,6-7,18H2/t9-,10-,11-,12+,13-,14-,15-,16-,17-/m0/s1. The lowest BCUT2D eigenvalue weighted by Gasteiger charge is -2.43. The van der Waals surface area contributed by atoms with Crippen LogP contribution in [0.2, 0.25) is 0 Å². The van der Waals surface area contributed by atoms with Crippen molar-refractivity contribution in [2.45, 2.75) is 24.3 Å². The molecule has 1 nitrogen and oxygen atoms in total. The van der Waals surface area contributed by atoms with Gasteiger partial charge in [-0.2, -0.15) is 0 Å². The normalized spacial score (nSPS) is 64.7. The van der Waals surface area contributed by atoms with Gasteiger partial charge in [-0.1, -0.05) is 30.3 Å². The number of rotatable bonds is 1. The summed E-state index contributed by atoms with van der Waals surface area (Å²) in [6.07, 6.45) is 3.04. The SMILES string of the molecule is N[C@H]1[C@H]2[C@@H]3C[C@H]4[C@@H]5C[C@H]([C@H]42)[C@@]1(c1ccccc1)[C@@H]53. The van der Waals surface area contributed by atoms with E-state index >= 15 is 0 Å². The maximum absolute atomic E-state index is 6.81. The third-order valence-electron chi connectivity index (χ3n) is 7.85. The first-order chi connectivity index (χ1) is 8.85. The first-order valence-electron chi connectivity index (χ1n) is 7.66. The van der Waals surface area contributed by atoms with Crippen molar-refractivity contribution in [2.24, 2.45) is 47.2 Å². The summed E-state index contributed by atoms with van der Waals surface area (Å²) < 4.78 is 0. The number of hydrogen-bond donors (Lipinski definition) is 1. The van der Waals surface area contributed by atoms with E-state index in [1.807, 2.05) is 0 Å². The van der Waals surface area contributed by atoms with Crippen LogP contribution in [0.1, 0.15) is 18.4 Å². The molecule has 92 valence electrons. The Labute approximate surface area is 108 Å². The van der Waals surface area contributed by atoms with Gasteiger partial charge < -0.3 is 5.73 Å². The third-order valence-corrected chi connectivity index (χ3v) is 7.85. The molecule has 1 aromatic carbocycles. The molecular weight excluding hydrogens is 218 g/mol. The minimum absolute atomic E-state index is 0.402. The average Bonchev–Trinajstić information content (AvgIpc) is 3.11. The Morgan fingerprint density at radius 2 is 1.78 bits per heavy atom. The lowest BCUT2D eigenvalue weighted by atomic mass is 9.60. The fraction of sp³-hybridized carbons (Fsp3) is 0.647. The molecule has 18 heavy (non-hydrogen) atoms. The molecule has 6 aliphatic rings. The van der Waals surface area contributed by atoms with Crippen molar-refractivity contribution in [3.05, 3.63) is 35.9 Å². The van der Waals surface area contributed by atoms with Gasteiger partial charge in [0.1, 0.15) is 0 Å². The molecule has 0 heterocycles. The molecule has 0 spiro atoms. The van der Waals surface area contributed by atoms with Crippen LogP contribution in [0.15, 0.2) is 30.3 Å². The van der Waals surface area contributed by atoms with Crippen molar-refractivity contribution < 1.29 is 0 Å².